The Morgan fingerprint density at radius 3 is 2.59 bits per heavy atom. The highest BCUT2D eigenvalue weighted by molar-refractivity contribution is 7.12. The third-order valence-corrected chi connectivity index (χ3v) is 3.94. The summed E-state index contributed by atoms with van der Waals surface area (Å²) >= 11 is 1.84. The monoisotopic (exact) mass is 247 g/mol. The van der Waals surface area contributed by atoms with Crippen molar-refractivity contribution in [2.75, 3.05) is 5.32 Å². The molecule has 0 atom stereocenters. The lowest BCUT2D eigenvalue weighted by atomic mass is 10.2. The number of thiophene rings is 1. The van der Waals surface area contributed by atoms with Crippen LogP contribution in [0.25, 0.3) is 0 Å². The number of benzene rings is 1. The zero-order valence-corrected chi connectivity index (χ0v) is 10.8. The van der Waals surface area contributed by atoms with Crippen LogP contribution in [-0.4, -0.2) is 5.11 Å². The van der Waals surface area contributed by atoms with Gasteiger partial charge in [0.2, 0.25) is 0 Å². The average molecular weight is 247 g/mol. The van der Waals surface area contributed by atoms with Crippen molar-refractivity contribution in [2.45, 2.75) is 26.5 Å². The van der Waals surface area contributed by atoms with E-state index < -0.39 is 0 Å². The van der Waals surface area contributed by atoms with Gasteiger partial charge in [-0.25, -0.2) is 0 Å². The molecule has 0 spiro atoms. The summed E-state index contributed by atoms with van der Waals surface area (Å²) < 4.78 is 0. The van der Waals surface area contributed by atoms with Crippen LogP contribution in [0.5, 0.6) is 0 Å². The molecule has 90 valence electrons. The maximum atomic E-state index is 9.22. The first-order valence-corrected chi connectivity index (χ1v) is 6.65. The lowest BCUT2D eigenvalue weighted by Crippen LogP contribution is -2.00. The van der Waals surface area contributed by atoms with Crippen LogP contribution in [0.3, 0.4) is 0 Å². The molecule has 0 aliphatic rings. The Hall–Kier alpha value is -1.32. The summed E-state index contributed by atoms with van der Waals surface area (Å²) in [5, 5.41) is 12.6. The third-order valence-electron chi connectivity index (χ3n) is 2.71. The van der Waals surface area contributed by atoms with Gasteiger partial charge in [0.1, 0.15) is 0 Å². The number of hydrogen-bond acceptors (Lipinski definition) is 3. The number of aliphatic hydroxyl groups is 1. The molecule has 0 radical (unpaired) electrons. The van der Waals surface area contributed by atoms with Gasteiger partial charge in [-0.2, -0.15) is 0 Å². The summed E-state index contributed by atoms with van der Waals surface area (Å²) in [5.74, 6) is 0. The van der Waals surface area contributed by atoms with Crippen LogP contribution in [0.1, 0.15) is 22.2 Å². The quantitative estimate of drug-likeness (QED) is 0.848. The zero-order chi connectivity index (χ0) is 12.1. The topological polar surface area (TPSA) is 32.3 Å². The van der Waals surface area contributed by atoms with Gasteiger partial charge in [-0.3, -0.25) is 0 Å². The second-order valence-electron chi connectivity index (χ2n) is 3.89. The predicted molar refractivity (Wildman–Crippen MR) is 73.4 cm³/mol. The van der Waals surface area contributed by atoms with E-state index in [2.05, 4.69) is 24.4 Å². The third kappa shape index (κ3) is 3.08. The number of rotatable bonds is 5. The second-order valence-corrected chi connectivity index (χ2v) is 5.14. The van der Waals surface area contributed by atoms with Gasteiger partial charge in [0.25, 0.3) is 0 Å². The molecule has 3 heteroatoms. The highest BCUT2D eigenvalue weighted by atomic mass is 32.1. The SMILES string of the molecule is CCc1ccc(CNc2ccccc2CO)s1. The normalized spacial score (nSPS) is 10.5. The number of aryl methyl sites for hydroxylation is 1. The van der Waals surface area contributed by atoms with Gasteiger partial charge >= 0.3 is 0 Å². The summed E-state index contributed by atoms with van der Waals surface area (Å²) in [6, 6.07) is 12.2. The van der Waals surface area contributed by atoms with Crippen LogP contribution in [0, 0.1) is 0 Å². The minimum Gasteiger partial charge on any atom is -0.392 e. The van der Waals surface area contributed by atoms with E-state index in [1.54, 1.807) is 0 Å². The molecule has 1 aromatic heterocycles. The van der Waals surface area contributed by atoms with Crippen molar-refractivity contribution < 1.29 is 5.11 Å². The van der Waals surface area contributed by atoms with Crippen molar-refractivity contribution in [1.82, 2.24) is 0 Å². The molecule has 2 nitrogen and oxygen atoms in total. The molecule has 2 N–H and O–H groups in total. The summed E-state index contributed by atoms with van der Waals surface area (Å²) in [5.41, 5.74) is 1.96. The first-order chi connectivity index (χ1) is 8.33. The van der Waals surface area contributed by atoms with E-state index in [0.29, 0.717) is 0 Å². The molecule has 1 aromatic carbocycles. The first kappa shape index (κ1) is 12.1. The fourth-order valence-electron chi connectivity index (χ4n) is 1.72. The Balaban J connectivity index is 2.01. The molecule has 2 aromatic rings. The van der Waals surface area contributed by atoms with Gasteiger partial charge in [0.15, 0.2) is 0 Å². The van der Waals surface area contributed by atoms with E-state index in [1.807, 2.05) is 35.6 Å². The molecule has 0 unspecified atom stereocenters. The molecule has 0 saturated carbocycles. The molecule has 0 aliphatic carbocycles. The summed E-state index contributed by atoms with van der Waals surface area (Å²) in [4.78, 5) is 2.74. The Kier molecular flexibility index (Phi) is 4.18. The minimum atomic E-state index is 0.0772. The summed E-state index contributed by atoms with van der Waals surface area (Å²) in [6.07, 6.45) is 1.10. The van der Waals surface area contributed by atoms with Crippen LogP contribution >= 0.6 is 11.3 Å². The lowest BCUT2D eigenvalue weighted by Gasteiger charge is -2.09. The van der Waals surface area contributed by atoms with Crippen LogP contribution in [-0.2, 0) is 19.6 Å². The minimum absolute atomic E-state index is 0.0772. The van der Waals surface area contributed by atoms with Crippen molar-refractivity contribution in [3.8, 4) is 0 Å². The highest BCUT2D eigenvalue weighted by Crippen LogP contribution is 2.20. The molecule has 17 heavy (non-hydrogen) atoms. The van der Waals surface area contributed by atoms with Crippen molar-refractivity contribution in [2.24, 2.45) is 0 Å². The van der Waals surface area contributed by atoms with Crippen LogP contribution < -0.4 is 5.32 Å². The van der Waals surface area contributed by atoms with Crippen molar-refractivity contribution in [3.63, 3.8) is 0 Å². The smallest absolute Gasteiger partial charge is 0.0701 e. The van der Waals surface area contributed by atoms with Gasteiger partial charge in [-0.15, -0.1) is 11.3 Å². The first-order valence-electron chi connectivity index (χ1n) is 5.83. The Morgan fingerprint density at radius 1 is 1.12 bits per heavy atom. The molecular weight excluding hydrogens is 230 g/mol. The van der Waals surface area contributed by atoms with E-state index in [1.165, 1.54) is 9.75 Å². The molecule has 0 fully saturated rings. The van der Waals surface area contributed by atoms with Gasteiger partial charge in [-0.05, 0) is 24.6 Å². The number of para-hydroxylation sites is 1. The standard InChI is InChI=1S/C14H17NOS/c1-2-12-7-8-13(17-12)9-15-14-6-4-3-5-11(14)10-16/h3-8,15-16H,2,9-10H2,1H3. The van der Waals surface area contributed by atoms with E-state index in [0.717, 1.165) is 24.2 Å². The maximum Gasteiger partial charge on any atom is 0.0701 e. The van der Waals surface area contributed by atoms with Crippen molar-refractivity contribution in [3.05, 3.63) is 51.7 Å². The number of aliphatic hydroxyl groups excluding tert-OH is 1. The number of anilines is 1. The maximum absolute atomic E-state index is 9.22. The van der Waals surface area contributed by atoms with Crippen LogP contribution in [0.15, 0.2) is 36.4 Å². The fourth-order valence-corrected chi connectivity index (χ4v) is 2.62. The molecule has 0 amide bonds. The number of nitrogens with one attached hydrogen (secondary N) is 1. The largest absolute Gasteiger partial charge is 0.392 e. The van der Waals surface area contributed by atoms with Crippen molar-refractivity contribution in [1.29, 1.82) is 0 Å². The molecule has 0 saturated heterocycles. The Bertz CT molecular complexity index is 479. The lowest BCUT2D eigenvalue weighted by molar-refractivity contribution is 0.282. The number of hydrogen-bond donors (Lipinski definition) is 2. The van der Waals surface area contributed by atoms with Gasteiger partial charge in [0.05, 0.1) is 6.61 Å². The average Bonchev–Trinajstić information content (AvgIpc) is 2.84. The van der Waals surface area contributed by atoms with E-state index in [-0.39, 0.29) is 6.61 Å². The van der Waals surface area contributed by atoms with E-state index >= 15 is 0 Å². The van der Waals surface area contributed by atoms with Gasteiger partial charge < -0.3 is 10.4 Å². The molecule has 0 bridgehead atoms. The van der Waals surface area contributed by atoms with Gasteiger partial charge in [-0.1, -0.05) is 25.1 Å². The summed E-state index contributed by atoms with van der Waals surface area (Å²) in [7, 11) is 0. The van der Waals surface area contributed by atoms with E-state index in [4.69, 9.17) is 0 Å². The van der Waals surface area contributed by atoms with Crippen molar-refractivity contribution >= 4 is 17.0 Å². The molecule has 0 aliphatic heterocycles. The van der Waals surface area contributed by atoms with Crippen LogP contribution in [0.2, 0.25) is 0 Å². The summed E-state index contributed by atoms with van der Waals surface area (Å²) in [6.45, 7) is 3.07. The molecule has 1 heterocycles. The van der Waals surface area contributed by atoms with E-state index in [9.17, 15) is 5.11 Å². The van der Waals surface area contributed by atoms with Crippen LogP contribution in [0.4, 0.5) is 5.69 Å². The Morgan fingerprint density at radius 2 is 1.88 bits per heavy atom. The Labute approximate surface area is 106 Å². The highest BCUT2D eigenvalue weighted by Gasteiger charge is 2.01. The molecular formula is C14H17NOS. The molecule has 2 rings (SSSR count). The fraction of sp³-hybridized carbons (Fsp3) is 0.286. The second kappa shape index (κ2) is 5.84. The van der Waals surface area contributed by atoms with Gasteiger partial charge in [0, 0.05) is 27.5 Å². The zero-order valence-electron chi connectivity index (χ0n) is 9.94. The predicted octanol–water partition coefficient (Wildman–Crippen LogP) is 3.41.